The second-order valence-electron chi connectivity index (χ2n) is 5.22. The Bertz CT molecular complexity index is 628. The monoisotopic (exact) mass is 290 g/mol. The number of carbonyl (C=O) groups is 1. The van der Waals surface area contributed by atoms with Gasteiger partial charge in [0.25, 0.3) is 11.7 Å². The molecular weight excluding hydrogens is 272 g/mol. The lowest BCUT2D eigenvalue weighted by molar-refractivity contribution is 0.0765. The molecule has 8 nitrogen and oxygen atoms in total. The van der Waals surface area contributed by atoms with E-state index in [1.807, 2.05) is 17.8 Å². The molecule has 1 amide bonds. The van der Waals surface area contributed by atoms with Crippen LogP contribution in [0.25, 0.3) is 0 Å². The minimum absolute atomic E-state index is 0.0684. The van der Waals surface area contributed by atoms with Gasteiger partial charge in [-0.15, -0.1) is 0 Å². The summed E-state index contributed by atoms with van der Waals surface area (Å²) >= 11 is 0. The van der Waals surface area contributed by atoms with Crippen molar-refractivity contribution in [1.82, 2.24) is 29.9 Å². The van der Waals surface area contributed by atoms with Gasteiger partial charge in [-0.3, -0.25) is 4.79 Å². The topological polar surface area (TPSA) is 89.1 Å². The molecule has 0 bridgehead atoms. The highest BCUT2D eigenvalue weighted by atomic mass is 16.5. The SMILES string of the molecule is CN(Cc1nccn1C)C(=O)c1noc(C2CCCN2)n1. The maximum Gasteiger partial charge on any atom is 0.295 e. The minimum Gasteiger partial charge on any atom is -0.337 e. The van der Waals surface area contributed by atoms with Gasteiger partial charge in [0.2, 0.25) is 5.89 Å². The molecule has 112 valence electrons. The van der Waals surface area contributed by atoms with E-state index in [0.717, 1.165) is 25.2 Å². The van der Waals surface area contributed by atoms with Crippen molar-refractivity contribution in [1.29, 1.82) is 0 Å². The number of nitrogens with one attached hydrogen (secondary N) is 1. The summed E-state index contributed by atoms with van der Waals surface area (Å²) in [4.78, 5) is 22.2. The number of amides is 1. The van der Waals surface area contributed by atoms with Crippen LogP contribution in [0.3, 0.4) is 0 Å². The quantitative estimate of drug-likeness (QED) is 0.882. The van der Waals surface area contributed by atoms with Crippen LogP contribution in [0, 0.1) is 0 Å². The molecule has 1 fully saturated rings. The van der Waals surface area contributed by atoms with Crippen LogP contribution in [0.4, 0.5) is 0 Å². The summed E-state index contributed by atoms with van der Waals surface area (Å²) in [6.45, 7) is 1.34. The smallest absolute Gasteiger partial charge is 0.295 e. The van der Waals surface area contributed by atoms with E-state index < -0.39 is 0 Å². The molecule has 1 saturated heterocycles. The standard InChI is InChI=1S/C13H18N6O2/c1-18-7-6-15-10(18)8-19(2)13(20)11-16-12(21-17-11)9-4-3-5-14-9/h6-7,9,14H,3-5,8H2,1-2H3. The zero-order valence-electron chi connectivity index (χ0n) is 12.1. The van der Waals surface area contributed by atoms with Crippen molar-refractivity contribution in [2.75, 3.05) is 13.6 Å². The number of hydrogen-bond acceptors (Lipinski definition) is 6. The molecule has 1 aliphatic heterocycles. The third kappa shape index (κ3) is 2.80. The molecule has 2 aromatic rings. The predicted octanol–water partition coefficient (Wildman–Crippen LogP) is 0.500. The van der Waals surface area contributed by atoms with Gasteiger partial charge in [0.15, 0.2) is 0 Å². The zero-order valence-corrected chi connectivity index (χ0v) is 12.1. The van der Waals surface area contributed by atoms with E-state index in [2.05, 4.69) is 20.4 Å². The molecule has 1 N–H and O–H groups in total. The van der Waals surface area contributed by atoms with Crippen LogP contribution < -0.4 is 5.32 Å². The summed E-state index contributed by atoms with van der Waals surface area (Å²) in [6, 6.07) is 0.0684. The van der Waals surface area contributed by atoms with E-state index in [1.54, 1.807) is 13.2 Å². The third-order valence-corrected chi connectivity index (χ3v) is 3.64. The maximum atomic E-state index is 12.3. The molecule has 2 aromatic heterocycles. The molecule has 0 saturated carbocycles. The Labute approximate surface area is 122 Å². The first kappa shape index (κ1) is 13.7. The van der Waals surface area contributed by atoms with Crippen LogP contribution in [0.15, 0.2) is 16.9 Å². The molecule has 0 spiro atoms. The third-order valence-electron chi connectivity index (χ3n) is 3.64. The minimum atomic E-state index is -0.272. The van der Waals surface area contributed by atoms with Crippen molar-refractivity contribution < 1.29 is 9.32 Å². The molecule has 1 aliphatic rings. The Morgan fingerprint density at radius 2 is 2.48 bits per heavy atom. The van der Waals surface area contributed by atoms with Gasteiger partial charge in [-0.2, -0.15) is 4.98 Å². The predicted molar refractivity (Wildman–Crippen MR) is 73.3 cm³/mol. The Morgan fingerprint density at radius 3 is 3.14 bits per heavy atom. The summed E-state index contributed by atoms with van der Waals surface area (Å²) in [7, 11) is 3.58. The molecule has 21 heavy (non-hydrogen) atoms. The molecule has 0 aliphatic carbocycles. The second kappa shape index (κ2) is 5.65. The fourth-order valence-corrected chi connectivity index (χ4v) is 2.36. The Kier molecular flexibility index (Phi) is 3.70. The van der Waals surface area contributed by atoms with E-state index in [0.29, 0.717) is 12.4 Å². The molecule has 0 radical (unpaired) electrons. The normalized spacial score (nSPS) is 18.1. The highest BCUT2D eigenvalue weighted by Gasteiger charge is 2.25. The van der Waals surface area contributed by atoms with Crippen LogP contribution in [0.2, 0.25) is 0 Å². The van der Waals surface area contributed by atoms with Gasteiger partial charge in [-0.25, -0.2) is 4.98 Å². The van der Waals surface area contributed by atoms with Gasteiger partial charge < -0.3 is 19.3 Å². The largest absolute Gasteiger partial charge is 0.337 e. The van der Waals surface area contributed by atoms with Gasteiger partial charge in [0.05, 0.1) is 12.6 Å². The lowest BCUT2D eigenvalue weighted by Crippen LogP contribution is -2.28. The van der Waals surface area contributed by atoms with Gasteiger partial charge in [-0.1, -0.05) is 5.16 Å². The fourth-order valence-electron chi connectivity index (χ4n) is 2.36. The van der Waals surface area contributed by atoms with Crippen LogP contribution in [-0.4, -0.2) is 44.1 Å². The van der Waals surface area contributed by atoms with Crippen LogP contribution in [0.1, 0.15) is 41.2 Å². The van der Waals surface area contributed by atoms with Gasteiger partial charge >= 0.3 is 0 Å². The van der Waals surface area contributed by atoms with Gasteiger partial charge in [-0.05, 0) is 19.4 Å². The number of rotatable bonds is 4. The number of nitrogens with zero attached hydrogens (tertiary/aromatic N) is 5. The van der Waals surface area contributed by atoms with E-state index >= 15 is 0 Å². The molecule has 3 rings (SSSR count). The molecule has 3 heterocycles. The number of aryl methyl sites for hydroxylation is 1. The van der Waals surface area contributed by atoms with Crippen LogP contribution >= 0.6 is 0 Å². The van der Waals surface area contributed by atoms with E-state index in [-0.39, 0.29) is 17.8 Å². The molecule has 1 atom stereocenters. The number of imidazole rings is 1. The first-order chi connectivity index (χ1) is 10.1. The average Bonchev–Trinajstić information content (AvgIpc) is 3.18. The van der Waals surface area contributed by atoms with Crippen molar-refractivity contribution in [3.63, 3.8) is 0 Å². The highest BCUT2D eigenvalue weighted by molar-refractivity contribution is 5.90. The van der Waals surface area contributed by atoms with E-state index in [4.69, 9.17) is 4.52 Å². The van der Waals surface area contributed by atoms with E-state index in [1.165, 1.54) is 4.90 Å². The van der Waals surface area contributed by atoms with Crippen molar-refractivity contribution >= 4 is 5.91 Å². The summed E-state index contributed by atoms with van der Waals surface area (Å²) in [5.74, 6) is 1.11. The first-order valence-electron chi connectivity index (χ1n) is 6.94. The lowest BCUT2D eigenvalue weighted by atomic mass is 10.2. The molecule has 1 unspecified atom stereocenters. The summed E-state index contributed by atoms with van der Waals surface area (Å²) in [5, 5.41) is 7.05. The maximum absolute atomic E-state index is 12.3. The summed E-state index contributed by atoms with van der Waals surface area (Å²) in [6.07, 6.45) is 5.58. The Morgan fingerprint density at radius 1 is 1.62 bits per heavy atom. The van der Waals surface area contributed by atoms with Gasteiger partial charge in [0.1, 0.15) is 5.82 Å². The Hall–Kier alpha value is -2.22. The zero-order chi connectivity index (χ0) is 14.8. The molecule has 8 heteroatoms. The van der Waals surface area contributed by atoms with E-state index in [9.17, 15) is 4.79 Å². The second-order valence-corrected chi connectivity index (χ2v) is 5.22. The highest BCUT2D eigenvalue weighted by Crippen LogP contribution is 2.21. The van der Waals surface area contributed by atoms with Gasteiger partial charge in [0, 0.05) is 26.5 Å². The van der Waals surface area contributed by atoms with Crippen molar-refractivity contribution in [3.8, 4) is 0 Å². The number of carbonyl (C=O) groups excluding carboxylic acids is 1. The fraction of sp³-hybridized carbons (Fsp3) is 0.538. The lowest BCUT2D eigenvalue weighted by Gasteiger charge is -2.14. The van der Waals surface area contributed by atoms with Crippen molar-refractivity contribution in [3.05, 3.63) is 29.9 Å². The Balaban J connectivity index is 1.68. The van der Waals surface area contributed by atoms with Crippen LogP contribution in [0.5, 0.6) is 0 Å². The number of hydrogen-bond donors (Lipinski definition) is 1. The van der Waals surface area contributed by atoms with Crippen LogP contribution in [-0.2, 0) is 13.6 Å². The summed E-state index contributed by atoms with van der Waals surface area (Å²) < 4.78 is 7.06. The van der Waals surface area contributed by atoms with Crippen molar-refractivity contribution in [2.24, 2.45) is 7.05 Å². The number of aromatic nitrogens is 4. The molecular formula is C13H18N6O2. The van der Waals surface area contributed by atoms with Crippen molar-refractivity contribution in [2.45, 2.75) is 25.4 Å². The first-order valence-corrected chi connectivity index (χ1v) is 6.94. The summed E-state index contributed by atoms with van der Waals surface area (Å²) in [5.41, 5.74) is 0. The molecule has 0 aromatic carbocycles. The average molecular weight is 290 g/mol.